The summed E-state index contributed by atoms with van der Waals surface area (Å²) in [4.78, 5) is 13.2. The summed E-state index contributed by atoms with van der Waals surface area (Å²) < 4.78 is 38.5. The fourth-order valence-electron chi connectivity index (χ4n) is 1.87. The Kier molecular flexibility index (Phi) is 5.62. The zero-order chi connectivity index (χ0) is 15.5. The van der Waals surface area contributed by atoms with Crippen LogP contribution in [0.3, 0.4) is 0 Å². The van der Waals surface area contributed by atoms with Gasteiger partial charge in [0.05, 0.1) is 0 Å². The monoisotopic (exact) mass is 351 g/mol. The van der Waals surface area contributed by atoms with Crippen LogP contribution in [0, 0.1) is 12.8 Å². The summed E-state index contributed by atoms with van der Waals surface area (Å²) in [5.74, 6) is -0.622. The predicted octanol–water partition coefficient (Wildman–Crippen LogP) is 4.42. The van der Waals surface area contributed by atoms with Gasteiger partial charge in [0.25, 0.3) is 5.91 Å². The van der Waals surface area contributed by atoms with E-state index in [0.29, 0.717) is 15.6 Å². The molecule has 1 aromatic carbocycles. The fourth-order valence-corrected chi connectivity index (χ4v) is 2.23. The van der Waals surface area contributed by atoms with Gasteiger partial charge < -0.3 is 4.90 Å². The van der Waals surface area contributed by atoms with E-state index in [1.54, 1.807) is 39.0 Å². The van der Waals surface area contributed by atoms with Crippen LogP contribution in [0.2, 0.25) is 0 Å². The highest BCUT2D eigenvalue weighted by molar-refractivity contribution is 9.10. The molecule has 2 nitrogen and oxygen atoms in total. The molecular weight excluding hydrogens is 335 g/mol. The number of carbonyl (C=O) groups is 1. The Balaban J connectivity index is 3.06. The first-order valence-corrected chi connectivity index (χ1v) is 7.01. The van der Waals surface area contributed by atoms with E-state index in [2.05, 4.69) is 15.9 Å². The molecule has 0 radical (unpaired) electrons. The van der Waals surface area contributed by atoms with E-state index in [4.69, 9.17) is 0 Å². The van der Waals surface area contributed by atoms with Gasteiger partial charge in [-0.3, -0.25) is 4.79 Å². The lowest BCUT2D eigenvalue weighted by molar-refractivity contribution is -0.141. The number of rotatable bonds is 4. The lowest BCUT2D eigenvalue weighted by Gasteiger charge is -2.26. The number of benzene rings is 1. The van der Waals surface area contributed by atoms with Crippen LogP contribution in [-0.2, 0) is 0 Å². The lowest BCUT2D eigenvalue weighted by atomic mass is 10.1. The molecule has 0 spiro atoms. The van der Waals surface area contributed by atoms with Crippen molar-refractivity contribution in [2.45, 2.75) is 26.9 Å². The molecule has 20 heavy (non-hydrogen) atoms. The van der Waals surface area contributed by atoms with Gasteiger partial charge in [0.2, 0.25) is 0 Å². The summed E-state index contributed by atoms with van der Waals surface area (Å²) in [5.41, 5.74) is 0.957. The van der Waals surface area contributed by atoms with E-state index < -0.39 is 18.6 Å². The maximum atomic E-state index is 12.6. The number of hydrogen-bond donors (Lipinski definition) is 0. The SMILES string of the molecule is Cc1ccc(Br)cc1C(=O)N(CC(C)C)CC(F)(F)F. The van der Waals surface area contributed by atoms with E-state index in [1.165, 1.54) is 0 Å². The van der Waals surface area contributed by atoms with Crippen molar-refractivity contribution in [1.29, 1.82) is 0 Å². The molecule has 0 fully saturated rings. The zero-order valence-electron chi connectivity index (χ0n) is 11.6. The van der Waals surface area contributed by atoms with Crippen LogP contribution in [0.25, 0.3) is 0 Å². The van der Waals surface area contributed by atoms with Gasteiger partial charge in [0, 0.05) is 16.6 Å². The number of carbonyl (C=O) groups excluding carboxylic acids is 1. The van der Waals surface area contributed by atoms with Crippen molar-refractivity contribution in [3.63, 3.8) is 0 Å². The minimum absolute atomic E-state index is 0.0336. The molecule has 0 saturated carbocycles. The van der Waals surface area contributed by atoms with Crippen LogP contribution in [-0.4, -0.2) is 30.1 Å². The first-order chi connectivity index (χ1) is 9.10. The summed E-state index contributed by atoms with van der Waals surface area (Å²) in [6.07, 6.45) is -4.40. The molecule has 0 N–H and O–H groups in total. The molecule has 1 amide bonds. The molecule has 0 atom stereocenters. The van der Waals surface area contributed by atoms with Crippen molar-refractivity contribution in [2.75, 3.05) is 13.1 Å². The van der Waals surface area contributed by atoms with Crippen molar-refractivity contribution in [1.82, 2.24) is 4.90 Å². The summed E-state index contributed by atoms with van der Waals surface area (Å²) in [7, 11) is 0. The summed E-state index contributed by atoms with van der Waals surface area (Å²) in [6, 6.07) is 5.02. The Bertz CT molecular complexity index is 486. The molecule has 1 aromatic rings. The van der Waals surface area contributed by atoms with Gasteiger partial charge in [-0.25, -0.2) is 0 Å². The number of aryl methyl sites for hydroxylation is 1. The van der Waals surface area contributed by atoms with Crippen molar-refractivity contribution in [3.05, 3.63) is 33.8 Å². The average Bonchev–Trinajstić information content (AvgIpc) is 2.28. The highest BCUT2D eigenvalue weighted by Gasteiger charge is 2.33. The van der Waals surface area contributed by atoms with Crippen molar-refractivity contribution in [3.8, 4) is 0 Å². The molecule has 1 rings (SSSR count). The van der Waals surface area contributed by atoms with Crippen LogP contribution in [0.4, 0.5) is 13.2 Å². The predicted molar refractivity (Wildman–Crippen MR) is 75.7 cm³/mol. The van der Waals surface area contributed by atoms with Crippen molar-refractivity contribution >= 4 is 21.8 Å². The van der Waals surface area contributed by atoms with Crippen LogP contribution in [0.15, 0.2) is 22.7 Å². The van der Waals surface area contributed by atoms with Crippen molar-refractivity contribution in [2.24, 2.45) is 5.92 Å². The topological polar surface area (TPSA) is 20.3 Å². The molecule has 0 aromatic heterocycles. The standard InChI is InChI=1S/C14H17BrF3NO/c1-9(2)7-19(8-14(16,17)18)13(20)12-6-11(15)5-4-10(12)3/h4-6,9H,7-8H2,1-3H3. The minimum atomic E-state index is -4.40. The van der Waals surface area contributed by atoms with Gasteiger partial charge in [-0.05, 0) is 30.5 Å². The maximum absolute atomic E-state index is 12.6. The highest BCUT2D eigenvalue weighted by Crippen LogP contribution is 2.22. The number of halogens is 4. The zero-order valence-corrected chi connectivity index (χ0v) is 13.2. The third kappa shape index (κ3) is 5.15. The number of hydrogen-bond acceptors (Lipinski definition) is 1. The van der Waals surface area contributed by atoms with E-state index in [0.717, 1.165) is 4.90 Å². The second kappa shape index (κ2) is 6.61. The second-order valence-electron chi connectivity index (χ2n) is 5.15. The number of nitrogens with zero attached hydrogens (tertiary/aromatic N) is 1. The first-order valence-electron chi connectivity index (χ1n) is 6.22. The molecule has 0 saturated heterocycles. The molecule has 0 aliphatic heterocycles. The Hall–Kier alpha value is -1.04. The average molecular weight is 352 g/mol. The third-order valence-electron chi connectivity index (χ3n) is 2.67. The molecule has 0 aliphatic rings. The molecule has 0 unspecified atom stereocenters. The summed E-state index contributed by atoms with van der Waals surface area (Å²) in [5, 5.41) is 0. The van der Waals surface area contributed by atoms with Gasteiger partial charge >= 0.3 is 6.18 Å². The maximum Gasteiger partial charge on any atom is 0.406 e. The van der Waals surface area contributed by atoms with E-state index in [-0.39, 0.29) is 12.5 Å². The van der Waals surface area contributed by atoms with E-state index >= 15 is 0 Å². The van der Waals surface area contributed by atoms with Gasteiger partial charge in [0.15, 0.2) is 0 Å². The number of amides is 1. The Morgan fingerprint density at radius 3 is 2.45 bits per heavy atom. The van der Waals surface area contributed by atoms with Gasteiger partial charge in [-0.1, -0.05) is 35.8 Å². The van der Waals surface area contributed by atoms with Gasteiger partial charge in [-0.15, -0.1) is 0 Å². The normalized spacial score (nSPS) is 11.8. The summed E-state index contributed by atoms with van der Waals surface area (Å²) in [6.45, 7) is 4.12. The molecule has 0 heterocycles. The van der Waals surface area contributed by atoms with Gasteiger partial charge in [-0.2, -0.15) is 13.2 Å². The van der Waals surface area contributed by atoms with E-state index in [9.17, 15) is 18.0 Å². The molecule has 112 valence electrons. The molecule has 0 bridgehead atoms. The smallest absolute Gasteiger partial charge is 0.329 e. The Labute approximate surface area is 125 Å². The van der Waals surface area contributed by atoms with Crippen LogP contribution in [0.1, 0.15) is 29.8 Å². The minimum Gasteiger partial charge on any atom is -0.329 e. The highest BCUT2D eigenvalue weighted by atomic mass is 79.9. The van der Waals surface area contributed by atoms with Crippen LogP contribution in [0.5, 0.6) is 0 Å². The van der Waals surface area contributed by atoms with Crippen LogP contribution >= 0.6 is 15.9 Å². The fraction of sp³-hybridized carbons (Fsp3) is 0.500. The Morgan fingerprint density at radius 1 is 1.35 bits per heavy atom. The molecule has 0 aliphatic carbocycles. The van der Waals surface area contributed by atoms with E-state index in [1.807, 2.05) is 0 Å². The Morgan fingerprint density at radius 2 is 1.95 bits per heavy atom. The van der Waals surface area contributed by atoms with Crippen molar-refractivity contribution < 1.29 is 18.0 Å². The lowest BCUT2D eigenvalue weighted by Crippen LogP contribution is -2.41. The largest absolute Gasteiger partial charge is 0.406 e. The van der Waals surface area contributed by atoms with Crippen LogP contribution < -0.4 is 0 Å². The second-order valence-corrected chi connectivity index (χ2v) is 6.07. The van der Waals surface area contributed by atoms with Gasteiger partial charge in [0.1, 0.15) is 6.54 Å². The molecular formula is C14H17BrF3NO. The quantitative estimate of drug-likeness (QED) is 0.786. The summed E-state index contributed by atoms with van der Waals surface area (Å²) >= 11 is 3.23. The third-order valence-corrected chi connectivity index (χ3v) is 3.17. The first kappa shape index (κ1) is 17.0. The molecule has 6 heteroatoms. The number of alkyl halides is 3.